The van der Waals surface area contributed by atoms with Crippen molar-refractivity contribution >= 4 is 22.5 Å². The van der Waals surface area contributed by atoms with Crippen LogP contribution in [0, 0.1) is 5.92 Å². The fourth-order valence-corrected chi connectivity index (χ4v) is 4.93. The molecule has 3 heterocycles. The maximum atomic E-state index is 12.5. The van der Waals surface area contributed by atoms with Crippen molar-refractivity contribution in [1.29, 1.82) is 0 Å². The molecule has 0 radical (unpaired) electrons. The molecule has 5 rings (SSSR count). The minimum Gasteiger partial charge on any atom is -0.371 e. The Balaban J connectivity index is 1.21. The molecule has 1 saturated carbocycles. The van der Waals surface area contributed by atoms with Crippen LogP contribution in [0.15, 0.2) is 36.5 Å². The van der Waals surface area contributed by atoms with E-state index in [0.717, 1.165) is 44.5 Å². The number of aromatic nitrogens is 1. The Hall–Kier alpha value is -2.14. The maximum Gasteiger partial charge on any atom is 0.224 e. The third-order valence-electron chi connectivity index (χ3n) is 6.69. The number of para-hydroxylation sites is 1. The summed E-state index contributed by atoms with van der Waals surface area (Å²) in [4.78, 5) is 22.1. The van der Waals surface area contributed by atoms with Gasteiger partial charge in [0.25, 0.3) is 0 Å². The van der Waals surface area contributed by atoms with E-state index in [-0.39, 0.29) is 5.92 Å². The number of fused-ring (bicyclic) bond motifs is 1. The van der Waals surface area contributed by atoms with Crippen LogP contribution in [0.25, 0.3) is 10.9 Å². The highest BCUT2D eigenvalue weighted by Gasteiger charge is 2.33. The smallest absolute Gasteiger partial charge is 0.224 e. The van der Waals surface area contributed by atoms with Gasteiger partial charge in [0.2, 0.25) is 5.91 Å². The highest BCUT2D eigenvalue weighted by Crippen LogP contribution is 2.30. The Kier molecular flexibility index (Phi) is 4.93. The molecule has 2 aromatic rings. The lowest BCUT2D eigenvalue weighted by Gasteiger charge is -2.42. The molecule has 2 aliphatic heterocycles. The predicted octanol–water partition coefficient (Wildman–Crippen LogP) is 3.19. The highest BCUT2D eigenvalue weighted by molar-refractivity contribution is 5.91. The zero-order valence-electron chi connectivity index (χ0n) is 16.5. The van der Waals surface area contributed by atoms with Crippen molar-refractivity contribution in [3.8, 4) is 0 Å². The van der Waals surface area contributed by atoms with E-state index in [4.69, 9.17) is 0 Å². The third-order valence-corrected chi connectivity index (χ3v) is 6.69. The summed E-state index contributed by atoms with van der Waals surface area (Å²) < 4.78 is 0. The zero-order valence-corrected chi connectivity index (χ0v) is 16.5. The molecule has 0 unspecified atom stereocenters. The number of hydrogen-bond acceptors (Lipinski definition) is 4. The van der Waals surface area contributed by atoms with Crippen molar-refractivity contribution in [2.45, 2.75) is 50.6 Å². The van der Waals surface area contributed by atoms with Gasteiger partial charge in [-0.2, -0.15) is 0 Å². The molecule has 1 aliphatic carbocycles. The molecule has 3 aliphatic rings. The first kappa shape index (κ1) is 17.9. The Labute approximate surface area is 167 Å². The van der Waals surface area contributed by atoms with Crippen LogP contribution in [0.5, 0.6) is 0 Å². The van der Waals surface area contributed by atoms with Crippen molar-refractivity contribution in [3.63, 3.8) is 0 Å². The van der Waals surface area contributed by atoms with Gasteiger partial charge in [0.05, 0.1) is 11.4 Å². The van der Waals surface area contributed by atoms with E-state index in [1.54, 1.807) is 0 Å². The molecule has 28 heavy (non-hydrogen) atoms. The molecular weight excluding hydrogens is 348 g/mol. The maximum absolute atomic E-state index is 12.5. The monoisotopic (exact) mass is 378 g/mol. The van der Waals surface area contributed by atoms with Crippen molar-refractivity contribution in [3.05, 3.63) is 36.5 Å². The fraction of sp³-hybridized carbons (Fsp3) is 0.565. The Morgan fingerprint density at radius 2 is 1.82 bits per heavy atom. The molecule has 5 heteroatoms. The van der Waals surface area contributed by atoms with Gasteiger partial charge in [-0.25, -0.2) is 0 Å². The van der Waals surface area contributed by atoms with Crippen molar-refractivity contribution in [1.82, 2.24) is 15.2 Å². The lowest BCUT2D eigenvalue weighted by atomic mass is 9.93. The van der Waals surface area contributed by atoms with E-state index >= 15 is 0 Å². The van der Waals surface area contributed by atoms with E-state index in [2.05, 4.69) is 50.4 Å². The van der Waals surface area contributed by atoms with Crippen molar-refractivity contribution < 1.29 is 4.79 Å². The first-order chi connectivity index (χ1) is 13.8. The number of anilines is 1. The molecule has 1 aromatic carbocycles. The molecule has 1 atom stereocenters. The second-order valence-electron chi connectivity index (χ2n) is 8.68. The van der Waals surface area contributed by atoms with E-state index in [1.165, 1.54) is 36.8 Å². The second kappa shape index (κ2) is 7.70. The highest BCUT2D eigenvalue weighted by atomic mass is 16.2. The van der Waals surface area contributed by atoms with Crippen LogP contribution in [0.3, 0.4) is 0 Å². The number of nitrogens with one attached hydrogen (secondary N) is 1. The molecular formula is C23H30N4O. The molecule has 5 nitrogen and oxygen atoms in total. The Morgan fingerprint density at radius 3 is 2.64 bits per heavy atom. The summed E-state index contributed by atoms with van der Waals surface area (Å²) in [6.07, 6.45) is 8.82. The number of likely N-dealkylation sites (tertiary alicyclic amines) is 1. The SMILES string of the molecule is O=C(NC1CC1)[C@@H]1CCCN(C2CCN(c3ccnc4ccccc34)CC2)C1. The fourth-order valence-electron chi connectivity index (χ4n) is 4.93. The van der Waals surface area contributed by atoms with Gasteiger partial charge in [-0.15, -0.1) is 0 Å². The minimum absolute atomic E-state index is 0.191. The number of hydrogen-bond donors (Lipinski definition) is 1. The quantitative estimate of drug-likeness (QED) is 0.888. The number of amides is 1. The van der Waals surface area contributed by atoms with Crippen LogP contribution in [0.1, 0.15) is 38.5 Å². The lowest BCUT2D eigenvalue weighted by Crippen LogP contribution is -2.51. The largest absolute Gasteiger partial charge is 0.371 e. The Bertz CT molecular complexity index is 836. The standard InChI is InChI=1S/C23H30N4O/c28-23(25-18-7-8-18)17-4-3-13-27(16-17)19-10-14-26(15-11-19)22-9-12-24-21-6-2-1-5-20(21)22/h1-2,5-6,9,12,17-19H,3-4,7-8,10-11,13-16H2,(H,25,28)/t17-/m1/s1. The van der Waals surface area contributed by atoms with Gasteiger partial charge in [-0.3, -0.25) is 14.7 Å². The summed E-state index contributed by atoms with van der Waals surface area (Å²) >= 11 is 0. The van der Waals surface area contributed by atoms with E-state index in [9.17, 15) is 4.79 Å². The van der Waals surface area contributed by atoms with Gasteiger partial charge in [0, 0.05) is 49.0 Å². The van der Waals surface area contributed by atoms with Gasteiger partial charge in [-0.1, -0.05) is 18.2 Å². The molecule has 3 fully saturated rings. The summed E-state index contributed by atoms with van der Waals surface area (Å²) in [5.41, 5.74) is 2.38. The van der Waals surface area contributed by atoms with Gasteiger partial charge in [0.1, 0.15) is 0 Å². The summed E-state index contributed by atoms with van der Waals surface area (Å²) in [5, 5.41) is 4.46. The van der Waals surface area contributed by atoms with Gasteiger partial charge >= 0.3 is 0 Å². The number of piperidine rings is 2. The average Bonchev–Trinajstić information content (AvgIpc) is 3.57. The van der Waals surface area contributed by atoms with Crippen LogP contribution >= 0.6 is 0 Å². The van der Waals surface area contributed by atoms with Crippen LogP contribution in [0.4, 0.5) is 5.69 Å². The number of rotatable bonds is 4. The first-order valence-corrected chi connectivity index (χ1v) is 10.9. The number of benzene rings is 1. The number of carbonyl (C=O) groups is 1. The number of carbonyl (C=O) groups excluding carboxylic acids is 1. The lowest BCUT2D eigenvalue weighted by molar-refractivity contribution is -0.127. The zero-order chi connectivity index (χ0) is 18.9. The van der Waals surface area contributed by atoms with E-state index in [0.29, 0.717) is 18.0 Å². The molecule has 1 amide bonds. The summed E-state index contributed by atoms with van der Waals surface area (Å²) in [7, 11) is 0. The Morgan fingerprint density at radius 1 is 1.00 bits per heavy atom. The molecule has 0 spiro atoms. The van der Waals surface area contributed by atoms with Crippen LogP contribution < -0.4 is 10.2 Å². The average molecular weight is 379 g/mol. The van der Waals surface area contributed by atoms with Gasteiger partial charge in [0.15, 0.2) is 0 Å². The van der Waals surface area contributed by atoms with Gasteiger partial charge < -0.3 is 10.2 Å². The van der Waals surface area contributed by atoms with Crippen LogP contribution in [-0.2, 0) is 4.79 Å². The number of pyridine rings is 1. The van der Waals surface area contributed by atoms with Crippen LogP contribution in [0.2, 0.25) is 0 Å². The van der Waals surface area contributed by atoms with Crippen LogP contribution in [-0.4, -0.2) is 54.1 Å². The minimum atomic E-state index is 0.191. The van der Waals surface area contributed by atoms with Crippen molar-refractivity contribution in [2.75, 3.05) is 31.1 Å². The molecule has 1 N–H and O–H groups in total. The number of nitrogens with zero attached hydrogens (tertiary/aromatic N) is 3. The summed E-state index contributed by atoms with van der Waals surface area (Å²) in [6.45, 7) is 4.25. The third kappa shape index (κ3) is 3.72. The predicted molar refractivity (Wildman–Crippen MR) is 112 cm³/mol. The second-order valence-corrected chi connectivity index (χ2v) is 8.68. The molecule has 0 bridgehead atoms. The molecule has 2 saturated heterocycles. The molecule has 148 valence electrons. The molecule has 1 aromatic heterocycles. The normalized spacial score (nSPS) is 24.4. The van der Waals surface area contributed by atoms with Gasteiger partial charge in [-0.05, 0) is 57.2 Å². The topological polar surface area (TPSA) is 48.5 Å². The van der Waals surface area contributed by atoms with Crippen molar-refractivity contribution in [2.24, 2.45) is 5.92 Å². The van der Waals surface area contributed by atoms with E-state index in [1.807, 2.05) is 6.20 Å². The first-order valence-electron chi connectivity index (χ1n) is 10.9. The summed E-state index contributed by atoms with van der Waals surface area (Å²) in [6, 6.07) is 11.7. The van der Waals surface area contributed by atoms with E-state index < -0.39 is 0 Å². The summed E-state index contributed by atoms with van der Waals surface area (Å²) in [5.74, 6) is 0.490.